The Balaban J connectivity index is 1.93. The number of hydrogen-bond donors (Lipinski definition) is 1. The summed E-state index contributed by atoms with van der Waals surface area (Å²) in [6.07, 6.45) is 2.12. The Labute approximate surface area is 132 Å². The minimum atomic E-state index is -1.02. The molecule has 0 saturated heterocycles. The van der Waals surface area contributed by atoms with E-state index in [1.165, 1.54) is 0 Å². The second kappa shape index (κ2) is 5.08. The largest absolute Gasteiger partial charge is 0.496 e. The Kier molecular flexibility index (Phi) is 3.04. The third-order valence-electron chi connectivity index (χ3n) is 4.05. The predicted octanol–water partition coefficient (Wildman–Crippen LogP) is 2.98. The van der Waals surface area contributed by atoms with E-state index in [1.807, 2.05) is 24.3 Å². The van der Waals surface area contributed by atoms with Crippen molar-refractivity contribution in [3.05, 3.63) is 47.8 Å². The molecule has 2 aromatic heterocycles. The summed E-state index contributed by atoms with van der Waals surface area (Å²) < 4.78 is 7.14. The Bertz CT molecular complexity index is 913. The highest BCUT2D eigenvalue weighted by atomic mass is 16.5. The normalized spacial score (nSPS) is 14.1. The van der Waals surface area contributed by atoms with Crippen LogP contribution in [0.1, 0.15) is 34.9 Å². The molecule has 0 amide bonds. The maximum atomic E-state index is 11.3. The Morgan fingerprint density at radius 1 is 1.30 bits per heavy atom. The van der Waals surface area contributed by atoms with Crippen LogP contribution >= 0.6 is 0 Å². The summed E-state index contributed by atoms with van der Waals surface area (Å²) in [5.74, 6) is 0.0702. The van der Waals surface area contributed by atoms with Crippen LogP contribution in [-0.2, 0) is 0 Å². The van der Waals surface area contributed by atoms with Crippen LogP contribution < -0.4 is 4.74 Å². The van der Waals surface area contributed by atoms with Gasteiger partial charge in [0.25, 0.3) is 0 Å². The van der Waals surface area contributed by atoms with Crippen LogP contribution in [0.25, 0.3) is 16.9 Å². The molecule has 0 spiro atoms. The number of benzene rings is 1. The molecule has 6 heteroatoms. The van der Waals surface area contributed by atoms with Crippen LogP contribution in [0.15, 0.2) is 36.4 Å². The predicted molar refractivity (Wildman–Crippen MR) is 83.9 cm³/mol. The van der Waals surface area contributed by atoms with Crippen LogP contribution in [-0.4, -0.2) is 32.8 Å². The third-order valence-corrected chi connectivity index (χ3v) is 4.05. The molecule has 1 fully saturated rings. The quantitative estimate of drug-likeness (QED) is 0.801. The summed E-state index contributed by atoms with van der Waals surface area (Å²) in [5, 5.41) is 13.9. The summed E-state index contributed by atoms with van der Waals surface area (Å²) in [6.45, 7) is 0. The van der Waals surface area contributed by atoms with Gasteiger partial charge in [-0.05, 0) is 31.0 Å². The smallest absolute Gasteiger partial charge is 0.354 e. The van der Waals surface area contributed by atoms with Gasteiger partial charge in [-0.25, -0.2) is 14.3 Å². The molecule has 23 heavy (non-hydrogen) atoms. The highest BCUT2D eigenvalue weighted by Gasteiger charge is 2.28. The number of carbonyl (C=O) groups is 1. The van der Waals surface area contributed by atoms with Crippen molar-refractivity contribution in [2.45, 2.75) is 18.8 Å². The average molecular weight is 309 g/mol. The van der Waals surface area contributed by atoms with Gasteiger partial charge in [0.1, 0.15) is 5.75 Å². The van der Waals surface area contributed by atoms with Gasteiger partial charge in [-0.2, -0.15) is 5.10 Å². The van der Waals surface area contributed by atoms with Gasteiger partial charge in [0.2, 0.25) is 0 Å². The molecular formula is C17H15N3O3. The molecule has 1 N–H and O–H groups in total. The van der Waals surface area contributed by atoms with Crippen molar-refractivity contribution in [2.75, 3.05) is 7.11 Å². The number of carboxylic acids is 1. The molecular weight excluding hydrogens is 294 g/mol. The maximum Gasteiger partial charge on any atom is 0.354 e. The number of hydrogen-bond acceptors (Lipinski definition) is 4. The van der Waals surface area contributed by atoms with E-state index >= 15 is 0 Å². The summed E-state index contributed by atoms with van der Waals surface area (Å²) in [4.78, 5) is 15.5. The number of ether oxygens (including phenoxy) is 1. The van der Waals surface area contributed by atoms with Gasteiger partial charge in [-0.15, -0.1) is 0 Å². The van der Waals surface area contributed by atoms with Gasteiger partial charge in [-0.3, -0.25) is 0 Å². The first-order chi connectivity index (χ1) is 11.2. The van der Waals surface area contributed by atoms with Crippen molar-refractivity contribution in [1.82, 2.24) is 14.6 Å². The zero-order valence-corrected chi connectivity index (χ0v) is 12.6. The third kappa shape index (κ3) is 2.32. The Morgan fingerprint density at radius 2 is 2.09 bits per heavy atom. The minimum Gasteiger partial charge on any atom is -0.496 e. The molecule has 3 aromatic rings. The maximum absolute atomic E-state index is 11.3. The van der Waals surface area contributed by atoms with Crippen LogP contribution in [0.3, 0.4) is 0 Å². The number of aromatic nitrogens is 3. The molecule has 4 rings (SSSR count). The molecule has 6 nitrogen and oxygen atoms in total. The molecule has 0 unspecified atom stereocenters. The molecule has 1 saturated carbocycles. The van der Waals surface area contributed by atoms with E-state index < -0.39 is 5.97 Å². The fourth-order valence-corrected chi connectivity index (χ4v) is 2.77. The van der Waals surface area contributed by atoms with E-state index in [1.54, 1.807) is 23.8 Å². The molecule has 1 aliphatic carbocycles. The lowest BCUT2D eigenvalue weighted by Gasteiger charge is -2.05. The fourth-order valence-electron chi connectivity index (χ4n) is 2.77. The first kappa shape index (κ1) is 13.8. The molecule has 0 bridgehead atoms. The molecule has 2 heterocycles. The topological polar surface area (TPSA) is 76.7 Å². The van der Waals surface area contributed by atoms with Gasteiger partial charge in [-0.1, -0.05) is 12.1 Å². The first-order valence-electron chi connectivity index (χ1n) is 7.45. The number of rotatable bonds is 4. The van der Waals surface area contributed by atoms with E-state index in [2.05, 4.69) is 10.1 Å². The molecule has 0 radical (unpaired) electrons. The molecule has 116 valence electrons. The van der Waals surface area contributed by atoms with Crippen molar-refractivity contribution in [3.8, 4) is 17.0 Å². The van der Waals surface area contributed by atoms with E-state index in [0.29, 0.717) is 11.6 Å². The number of para-hydroxylation sites is 1. The van der Waals surface area contributed by atoms with Crippen molar-refractivity contribution in [1.29, 1.82) is 0 Å². The standard InChI is InChI=1S/C17H15N3O3/c1-23-15-5-3-2-4-11(15)12-9-16-18-13(17(21)22)8-14(10-6-7-10)20(16)19-12/h2-5,8-10H,6-7H2,1H3,(H,21,22). The number of fused-ring (bicyclic) bond motifs is 1. The van der Waals surface area contributed by atoms with Gasteiger partial charge < -0.3 is 9.84 Å². The van der Waals surface area contributed by atoms with Crippen LogP contribution in [0.5, 0.6) is 5.75 Å². The van der Waals surface area contributed by atoms with Crippen LogP contribution in [0.2, 0.25) is 0 Å². The summed E-state index contributed by atoms with van der Waals surface area (Å²) in [6, 6.07) is 11.0. The van der Waals surface area contributed by atoms with E-state index in [0.717, 1.165) is 35.5 Å². The van der Waals surface area contributed by atoms with Crippen LogP contribution in [0, 0.1) is 0 Å². The molecule has 1 aliphatic rings. The number of carboxylic acid groups (broad SMARTS) is 1. The Hall–Kier alpha value is -2.89. The van der Waals surface area contributed by atoms with Crippen molar-refractivity contribution in [2.24, 2.45) is 0 Å². The summed E-state index contributed by atoms with van der Waals surface area (Å²) in [5.41, 5.74) is 3.10. The van der Waals surface area contributed by atoms with E-state index in [4.69, 9.17) is 4.74 Å². The van der Waals surface area contributed by atoms with Gasteiger partial charge in [0.15, 0.2) is 11.3 Å². The van der Waals surface area contributed by atoms with Crippen LogP contribution in [0.4, 0.5) is 0 Å². The average Bonchev–Trinajstić information content (AvgIpc) is 3.32. The molecule has 0 atom stereocenters. The SMILES string of the molecule is COc1ccccc1-c1cc2nc(C(=O)O)cc(C3CC3)n2n1. The van der Waals surface area contributed by atoms with Gasteiger partial charge >= 0.3 is 5.97 Å². The lowest BCUT2D eigenvalue weighted by Crippen LogP contribution is -2.06. The summed E-state index contributed by atoms with van der Waals surface area (Å²) in [7, 11) is 1.62. The zero-order valence-electron chi connectivity index (χ0n) is 12.6. The minimum absolute atomic E-state index is 0.0610. The van der Waals surface area contributed by atoms with Crippen molar-refractivity contribution in [3.63, 3.8) is 0 Å². The number of methoxy groups -OCH3 is 1. The first-order valence-corrected chi connectivity index (χ1v) is 7.45. The van der Waals surface area contributed by atoms with Crippen molar-refractivity contribution < 1.29 is 14.6 Å². The lowest BCUT2D eigenvalue weighted by molar-refractivity contribution is 0.0690. The second-order valence-corrected chi connectivity index (χ2v) is 5.65. The Morgan fingerprint density at radius 3 is 2.78 bits per heavy atom. The molecule has 1 aromatic carbocycles. The van der Waals surface area contributed by atoms with Gasteiger partial charge in [0.05, 0.1) is 12.8 Å². The molecule has 0 aliphatic heterocycles. The highest BCUT2D eigenvalue weighted by molar-refractivity contribution is 5.86. The van der Waals surface area contributed by atoms with Gasteiger partial charge in [0, 0.05) is 23.2 Å². The highest BCUT2D eigenvalue weighted by Crippen LogP contribution is 2.40. The number of aromatic carboxylic acids is 1. The monoisotopic (exact) mass is 309 g/mol. The van der Waals surface area contributed by atoms with E-state index in [-0.39, 0.29) is 5.69 Å². The fraction of sp³-hybridized carbons (Fsp3) is 0.235. The van der Waals surface area contributed by atoms with Crippen molar-refractivity contribution >= 4 is 11.6 Å². The lowest BCUT2D eigenvalue weighted by atomic mass is 10.1. The zero-order chi connectivity index (χ0) is 16.0. The second-order valence-electron chi connectivity index (χ2n) is 5.65. The van der Waals surface area contributed by atoms with E-state index in [9.17, 15) is 9.90 Å². The number of nitrogens with zero attached hydrogens (tertiary/aromatic N) is 3. The summed E-state index contributed by atoms with van der Waals surface area (Å²) >= 11 is 0.